The number of benzene rings is 2. The van der Waals surface area contributed by atoms with Gasteiger partial charge in [-0.05, 0) is 40.2 Å². The van der Waals surface area contributed by atoms with Crippen molar-refractivity contribution in [3.05, 3.63) is 52.0 Å². The van der Waals surface area contributed by atoms with Crippen molar-refractivity contribution in [2.75, 3.05) is 11.1 Å². The lowest BCUT2D eigenvalue weighted by atomic mass is 9.94. The number of carbonyl (C=O) groups excluding carboxylic acids is 1. The van der Waals surface area contributed by atoms with Gasteiger partial charge in [0, 0.05) is 27.4 Å². The van der Waals surface area contributed by atoms with Crippen LogP contribution in [0.2, 0.25) is 0 Å². The molecular weight excluding hydrogens is 566 g/mol. The molecule has 0 saturated heterocycles. The Morgan fingerprint density at radius 1 is 0.939 bits per heavy atom. The fourth-order valence-electron chi connectivity index (χ4n) is 2.53. The van der Waals surface area contributed by atoms with Gasteiger partial charge in [-0.15, -0.1) is 13.2 Å². The van der Waals surface area contributed by atoms with Gasteiger partial charge in [-0.25, -0.2) is 4.39 Å². The Labute approximate surface area is 189 Å². The van der Waals surface area contributed by atoms with E-state index >= 15 is 0 Å². The zero-order valence-electron chi connectivity index (χ0n) is 15.4. The zero-order valence-corrected chi connectivity index (χ0v) is 17.8. The quantitative estimate of drug-likeness (QED) is 0.259. The summed E-state index contributed by atoms with van der Waals surface area (Å²) in [5.41, 5.74) is -9.98. The Hall–Kier alpha value is -2.20. The molecule has 0 aliphatic rings. The molecule has 0 aromatic heterocycles. The van der Waals surface area contributed by atoms with Crippen LogP contribution in [0.1, 0.15) is 15.9 Å². The lowest BCUT2D eigenvalue weighted by molar-refractivity contribution is -0.348. The number of alkyl halides is 10. The summed E-state index contributed by atoms with van der Waals surface area (Å²) in [6, 6.07) is 4.16. The number of anilines is 2. The number of halogens is 11. The van der Waals surface area contributed by atoms with Crippen LogP contribution in [0.4, 0.5) is 55.3 Å². The van der Waals surface area contributed by atoms with Crippen LogP contribution in [0, 0.1) is 0 Å². The molecule has 16 heteroatoms. The highest BCUT2D eigenvalue weighted by Gasteiger charge is 2.74. The lowest BCUT2D eigenvalue weighted by Crippen LogP contribution is -2.50. The maximum absolute atomic E-state index is 14.4. The van der Waals surface area contributed by atoms with Gasteiger partial charge in [-0.1, -0.05) is 6.07 Å². The van der Waals surface area contributed by atoms with E-state index in [2.05, 4.69) is 15.9 Å². The van der Waals surface area contributed by atoms with E-state index in [4.69, 9.17) is 5.73 Å². The predicted octanol–water partition coefficient (Wildman–Crippen LogP) is 6.20. The van der Waals surface area contributed by atoms with Crippen LogP contribution in [-0.2, 0) is 16.8 Å². The number of hydrogen-bond acceptors (Lipinski definition) is 3. The fourth-order valence-corrected chi connectivity index (χ4v) is 4.05. The van der Waals surface area contributed by atoms with Crippen LogP contribution in [0.15, 0.2) is 45.8 Å². The standard InChI is InChI=1S/C17H9BrF10N2O2S/c18-10-5-8(14(19,15(20,21)22)16(23,24)25)6-11(33(32)17(26,27)28)12(10)30-13(31)7-2-1-3-9(29)4-7/h1-6H,29H2,(H,30,31). The van der Waals surface area contributed by atoms with Gasteiger partial charge in [0.25, 0.3) is 5.91 Å². The van der Waals surface area contributed by atoms with Crippen molar-refractivity contribution in [3.63, 3.8) is 0 Å². The summed E-state index contributed by atoms with van der Waals surface area (Å²) < 4.78 is 143. The Morgan fingerprint density at radius 3 is 1.94 bits per heavy atom. The van der Waals surface area contributed by atoms with Gasteiger partial charge >= 0.3 is 23.5 Å². The summed E-state index contributed by atoms with van der Waals surface area (Å²) in [6.07, 6.45) is -13.3. The molecule has 3 N–H and O–H groups in total. The maximum atomic E-state index is 14.4. The molecule has 0 aliphatic carbocycles. The molecule has 0 heterocycles. The Kier molecular flexibility index (Phi) is 7.27. The molecule has 4 nitrogen and oxygen atoms in total. The maximum Gasteiger partial charge on any atom is 0.578 e. The van der Waals surface area contributed by atoms with Crippen molar-refractivity contribution in [2.45, 2.75) is 28.4 Å². The van der Waals surface area contributed by atoms with E-state index in [0.717, 1.165) is 12.1 Å². The number of hydrogen-bond donors (Lipinski definition) is 2. The SMILES string of the molecule is Nc1cccc(C(=O)Nc2c(Br)cc(C(F)(C(F)(F)F)C(F)(F)F)cc2[S+]([O-])C(F)(F)F)c1. The normalized spacial score (nSPS) is 14.2. The summed E-state index contributed by atoms with van der Waals surface area (Å²) >= 11 is -1.84. The first-order valence-corrected chi connectivity index (χ1v) is 10.1. The van der Waals surface area contributed by atoms with Gasteiger partial charge in [-0.2, -0.15) is 26.3 Å². The topological polar surface area (TPSA) is 78.2 Å². The minimum absolute atomic E-state index is 0.0359. The molecule has 0 aliphatic heterocycles. The third kappa shape index (κ3) is 5.32. The second kappa shape index (κ2) is 8.87. The average Bonchev–Trinajstić information content (AvgIpc) is 2.65. The summed E-state index contributed by atoms with van der Waals surface area (Å²) in [6.45, 7) is 0. The van der Waals surface area contributed by atoms with Crippen LogP contribution < -0.4 is 11.1 Å². The minimum Gasteiger partial charge on any atom is -0.604 e. The highest BCUT2D eigenvalue weighted by Crippen LogP contribution is 2.55. The van der Waals surface area contributed by atoms with E-state index in [1.807, 2.05) is 5.32 Å². The molecule has 2 aromatic rings. The highest BCUT2D eigenvalue weighted by molar-refractivity contribution is 9.10. The van der Waals surface area contributed by atoms with E-state index in [-0.39, 0.29) is 17.3 Å². The van der Waals surface area contributed by atoms with Crippen LogP contribution in [0.5, 0.6) is 0 Å². The van der Waals surface area contributed by atoms with Gasteiger partial charge in [0.15, 0.2) is 4.90 Å². The van der Waals surface area contributed by atoms with E-state index < -0.39 is 67.3 Å². The molecular formula is C17H9BrF10N2O2S. The van der Waals surface area contributed by atoms with Gasteiger partial charge < -0.3 is 15.6 Å². The first-order chi connectivity index (χ1) is 14.8. The van der Waals surface area contributed by atoms with Crippen molar-refractivity contribution in [2.24, 2.45) is 0 Å². The second-order valence-electron chi connectivity index (χ2n) is 6.28. The summed E-state index contributed by atoms with van der Waals surface area (Å²) in [4.78, 5) is 10.6. The molecule has 0 spiro atoms. The van der Waals surface area contributed by atoms with Crippen molar-refractivity contribution in [3.8, 4) is 0 Å². The van der Waals surface area contributed by atoms with Crippen LogP contribution in [-0.4, -0.2) is 28.3 Å². The van der Waals surface area contributed by atoms with Crippen molar-refractivity contribution in [1.82, 2.24) is 0 Å². The number of nitrogen functional groups attached to an aromatic ring is 1. The van der Waals surface area contributed by atoms with Crippen LogP contribution >= 0.6 is 15.9 Å². The lowest BCUT2D eigenvalue weighted by Gasteiger charge is -2.31. The highest BCUT2D eigenvalue weighted by atomic mass is 79.9. The number of nitrogens with one attached hydrogen (secondary N) is 1. The molecule has 2 rings (SSSR count). The largest absolute Gasteiger partial charge is 0.604 e. The molecule has 0 bridgehead atoms. The van der Waals surface area contributed by atoms with Gasteiger partial charge in [0.2, 0.25) is 0 Å². The Bertz CT molecular complexity index is 1040. The number of carbonyl (C=O) groups is 1. The molecule has 0 radical (unpaired) electrons. The molecule has 0 fully saturated rings. The zero-order chi connectivity index (χ0) is 25.6. The molecule has 1 amide bonds. The minimum atomic E-state index is -6.64. The number of rotatable bonds is 4. The molecule has 1 unspecified atom stereocenters. The third-order valence-corrected chi connectivity index (χ3v) is 5.80. The third-order valence-electron chi connectivity index (χ3n) is 4.03. The van der Waals surface area contributed by atoms with E-state index in [1.54, 1.807) is 0 Å². The van der Waals surface area contributed by atoms with Gasteiger partial charge in [-0.3, -0.25) is 4.79 Å². The van der Waals surface area contributed by atoms with Crippen LogP contribution in [0.25, 0.3) is 0 Å². The summed E-state index contributed by atoms with van der Waals surface area (Å²) in [7, 11) is 0. The van der Waals surface area contributed by atoms with Crippen LogP contribution in [0.3, 0.4) is 0 Å². The molecule has 1 atom stereocenters. The summed E-state index contributed by atoms with van der Waals surface area (Å²) in [5.74, 6) is -1.20. The molecule has 182 valence electrons. The van der Waals surface area contributed by atoms with E-state index in [9.17, 15) is 53.3 Å². The van der Waals surface area contributed by atoms with E-state index in [1.165, 1.54) is 12.1 Å². The fraction of sp³-hybridized carbons (Fsp3) is 0.235. The van der Waals surface area contributed by atoms with Gasteiger partial charge in [0.05, 0.1) is 0 Å². The first-order valence-electron chi connectivity index (χ1n) is 8.12. The molecule has 33 heavy (non-hydrogen) atoms. The van der Waals surface area contributed by atoms with Crippen molar-refractivity contribution in [1.29, 1.82) is 0 Å². The second-order valence-corrected chi connectivity index (χ2v) is 8.57. The molecule has 0 saturated carbocycles. The smallest absolute Gasteiger partial charge is 0.578 e. The average molecular weight is 575 g/mol. The first kappa shape index (κ1) is 27.0. The predicted molar refractivity (Wildman–Crippen MR) is 100 cm³/mol. The molecule has 2 aromatic carbocycles. The van der Waals surface area contributed by atoms with Crippen molar-refractivity contribution >= 4 is 44.4 Å². The monoisotopic (exact) mass is 574 g/mol. The Balaban J connectivity index is 2.76. The number of nitrogens with two attached hydrogens (primary N) is 1. The van der Waals surface area contributed by atoms with E-state index in [0.29, 0.717) is 0 Å². The van der Waals surface area contributed by atoms with Gasteiger partial charge in [0.1, 0.15) is 16.9 Å². The summed E-state index contributed by atoms with van der Waals surface area (Å²) in [5, 5.41) is 1.81. The Morgan fingerprint density at radius 2 is 1.48 bits per heavy atom. The number of amides is 1. The van der Waals surface area contributed by atoms with Crippen molar-refractivity contribution < 1.29 is 53.3 Å².